The van der Waals surface area contributed by atoms with Crippen LogP contribution in [0.3, 0.4) is 0 Å². The first-order valence-corrected chi connectivity index (χ1v) is 8.61. The zero-order valence-electron chi connectivity index (χ0n) is 14.7. The molecule has 2 aliphatic heterocycles. The summed E-state index contributed by atoms with van der Waals surface area (Å²) in [5, 5.41) is 9.34. The SMILES string of the molecule is Cc1cccc(C(=O)N2CCC3(CC2)C[C@H](C(=O)O)N(C)C3)c1C. The van der Waals surface area contributed by atoms with Crippen LogP contribution in [0.1, 0.15) is 40.7 Å². The molecule has 2 aliphatic rings. The van der Waals surface area contributed by atoms with E-state index in [0.29, 0.717) is 19.5 Å². The van der Waals surface area contributed by atoms with Crippen molar-refractivity contribution in [2.24, 2.45) is 5.41 Å². The van der Waals surface area contributed by atoms with Gasteiger partial charge in [0.2, 0.25) is 0 Å². The van der Waals surface area contributed by atoms with Gasteiger partial charge in [0.1, 0.15) is 6.04 Å². The molecule has 2 fully saturated rings. The first-order valence-electron chi connectivity index (χ1n) is 8.61. The van der Waals surface area contributed by atoms with Crippen LogP contribution >= 0.6 is 0 Å². The molecule has 0 bridgehead atoms. The molecule has 1 atom stereocenters. The number of piperidine rings is 1. The summed E-state index contributed by atoms with van der Waals surface area (Å²) in [5.41, 5.74) is 3.03. The van der Waals surface area contributed by atoms with Crippen LogP contribution in [-0.2, 0) is 4.79 Å². The van der Waals surface area contributed by atoms with E-state index in [4.69, 9.17) is 0 Å². The molecule has 24 heavy (non-hydrogen) atoms. The summed E-state index contributed by atoms with van der Waals surface area (Å²) in [6, 6.07) is 5.48. The molecule has 1 spiro atoms. The number of benzene rings is 1. The number of aliphatic carboxylic acids is 1. The summed E-state index contributed by atoms with van der Waals surface area (Å²) in [5.74, 6) is -0.629. The fraction of sp³-hybridized carbons (Fsp3) is 0.579. The van der Waals surface area contributed by atoms with E-state index in [-0.39, 0.29) is 17.4 Å². The Morgan fingerprint density at radius 2 is 1.88 bits per heavy atom. The van der Waals surface area contributed by atoms with Gasteiger partial charge in [-0.25, -0.2) is 0 Å². The van der Waals surface area contributed by atoms with Crippen molar-refractivity contribution in [2.45, 2.75) is 39.2 Å². The molecule has 1 N–H and O–H groups in total. The van der Waals surface area contributed by atoms with Gasteiger partial charge in [0.15, 0.2) is 0 Å². The monoisotopic (exact) mass is 330 g/mol. The highest BCUT2D eigenvalue weighted by Gasteiger charge is 2.47. The van der Waals surface area contributed by atoms with Crippen molar-refractivity contribution in [1.29, 1.82) is 0 Å². The zero-order valence-corrected chi connectivity index (χ0v) is 14.7. The number of hydrogen-bond donors (Lipinski definition) is 1. The maximum absolute atomic E-state index is 12.8. The number of rotatable bonds is 2. The predicted octanol–water partition coefficient (Wildman–Crippen LogP) is 2.31. The molecular formula is C19H26N2O3. The number of amides is 1. The molecule has 5 heteroatoms. The van der Waals surface area contributed by atoms with Crippen LogP contribution in [0.4, 0.5) is 0 Å². The first-order chi connectivity index (χ1) is 11.3. The normalized spacial score (nSPS) is 23.6. The van der Waals surface area contributed by atoms with Crippen LogP contribution < -0.4 is 0 Å². The average molecular weight is 330 g/mol. The Labute approximate surface area is 143 Å². The van der Waals surface area contributed by atoms with E-state index in [1.807, 2.05) is 48.9 Å². The van der Waals surface area contributed by atoms with Crippen molar-refractivity contribution >= 4 is 11.9 Å². The van der Waals surface area contributed by atoms with Crippen LogP contribution in [0.5, 0.6) is 0 Å². The van der Waals surface area contributed by atoms with Crippen molar-refractivity contribution in [3.8, 4) is 0 Å². The van der Waals surface area contributed by atoms with E-state index in [2.05, 4.69) is 0 Å². The Morgan fingerprint density at radius 1 is 1.21 bits per heavy atom. The smallest absolute Gasteiger partial charge is 0.320 e. The molecule has 0 radical (unpaired) electrons. The molecule has 3 rings (SSSR count). The highest BCUT2D eigenvalue weighted by Crippen LogP contribution is 2.43. The summed E-state index contributed by atoms with van der Waals surface area (Å²) in [6.45, 7) is 6.27. The first kappa shape index (κ1) is 17.0. The Bertz CT molecular complexity index is 663. The Hall–Kier alpha value is -1.88. The zero-order chi connectivity index (χ0) is 17.5. The van der Waals surface area contributed by atoms with Crippen LogP contribution in [0, 0.1) is 19.3 Å². The molecule has 2 heterocycles. The molecule has 1 aromatic rings. The van der Waals surface area contributed by atoms with Crippen LogP contribution in [-0.4, -0.2) is 59.5 Å². The Morgan fingerprint density at radius 3 is 2.46 bits per heavy atom. The van der Waals surface area contributed by atoms with Gasteiger partial charge in [-0.1, -0.05) is 12.1 Å². The third-order valence-electron chi connectivity index (χ3n) is 5.97. The minimum absolute atomic E-state index is 0.0518. The van der Waals surface area contributed by atoms with Crippen LogP contribution in [0.15, 0.2) is 18.2 Å². The lowest BCUT2D eigenvalue weighted by Gasteiger charge is -2.39. The second-order valence-electron chi connectivity index (χ2n) is 7.51. The number of carbonyl (C=O) groups is 2. The van der Waals surface area contributed by atoms with Gasteiger partial charge in [0, 0.05) is 25.2 Å². The molecular weight excluding hydrogens is 304 g/mol. The average Bonchev–Trinajstić information content (AvgIpc) is 2.87. The number of nitrogens with zero attached hydrogens (tertiary/aromatic N) is 2. The minimum Gasteiger partial charge on any atom is -0.480 e. The third-order valence-corrected chi connectivity index (χ3v) is 5.97. The number of carbonyl (C=O) groups excluding carboxylic acids is 1. The lowest BCUT2D eigenvalue weighted by atomic mass is 9.76. The van der Waals surface area contributed by atoms with Crippen LogP contribution in [0.25, 0.3) is 0 Å². The predicted molar refractivity (Wildman–Crippen MR) is 92.2 cm³/mol. The molecule has 0 unspecified atom stereocenters. The second-order valence-corrected chi connectivity index (χ2v) is 7.51. The van der Waals surface area contributed by atoms with Gasteiger partial charge in [-0.15, -0.1) is 0 Å². The summed E-state index contributed by atoms with van der Waals surface area (Å²) >= 11 is 0. The van der Waals surface area contributed by atoms with Gasteiger partial charge >= 0.3 is 5.97 Å². The van der Waals surface area contributed by atoms with Crippen molar-refractivity contribution in [3.63, 3.8) is 0 Å². The summed E-state index contributed by atoms with van der Waals surface area (Å²) in [4.78, 5) is 28.1. The number of carboxylic acid groups (broad SMARTS) is 1. The number of aryl methyl sites for hydroxylation is 1. The number of likely N-dealkylation sites (tertiary alicyclic amines) is 2. The summed E-state index contributed by atoms with van der Waals surface area (Å²) in [7, 11) is 1.89. The number of hydrogen-bond acceptors (Lipinski definition) is 3. The third kappa shape index (κ3) is 2.93. The van der Waals surface area contributed by atoms with Gasteiger partial charge in [0.25, 0.3) is 5.91 Å². The molecule has 0 saturated carbocycles. The van der Waals surface area contributed by atoms with Gasteiger partial charge in [-0.2, -0.15) is 0 Å². The standard InChI is InChI=1S/C19H26N2O3/c1-13-5-4-6-15(14(13)2)17(22)21-9-7-19(8-10-21)11-16(18(23)24)20(3)12-19/h4-6,16H,7-12H2,1-3H3,(H,23,24)/t16-/m1/s1. The molecule has 2 saturated heterocycles. The van der Waals surface area contributed by atoms with Gasteiger partial charge in [0.05, 0.1) is 0 Å². The van der Waals surface area contributed by atoms with Crippen molar-refractivity contribution in [2.75, 3.05) is 26.7 Å². The highest BCUT2D eigenvalue weighted by molar-refractivity contribution is 5.96. The van der Waals surface area contributed by atoms with E-state index < -0.39 is 5.97 Å². The largest absolute Gasteiger partial charge is 0.480 e. The Balaban J connectivity index is 1.68. The van der Waals surface area contributed by atoms with E-state index >= 15 is 0 Å². The summed E-state index contributed by atoms with van der Waals surface area (Å²) in [6.07, 6.45) is 2.47. The fourth-order valence-corrected chi connectivity index (χ4v) is 4.25. The fourth-order valence-electron chi connectivity index (χ4n) is 4.25. The topological polar surface area (TPSA) is 60.9 Å². The highest BCUT2D eigenvalue weighted by atomic mass is 16.4. The van der Waals surface area contributed by atoms with E-state index in [1.54, 1.807) is 0 Å². The lowest BCUT2D eigenvalue weighted by molar-refractivity contribution is -0.141. The van der Waals surface area contributed by atoms with E-state index in [0.717, 1.165) is 36.1 Å². The molecule has 0 aliphatic carbocycles. The van der Waals surface area contributed by atoms with Gasteiger partial charge in [-0.3, -0.25) is 14.5 Å². The molecule has 130 valence electrons. The quantitative estimate of drug-likeness (QED) is 0.904. The summed E-state index contributed by atoms with van der Waals surface area (Å²) < 4.78 is 0. The number of carboxylic acids is 1. The molecule has 1 amide bonds. The van der Waals surface area contributed by atoms with Gasteiger partial charge < -0.3 is 10.0 Å². The van der Waals surface area contributed by atoms with Crippen molar-refractivity contribution in [1.82, 2.24) is 9.80 Å². The Kier molecular flexibility index (Phi) is 4.38. The molecule has 0 aromatic heterocycles. The van der Waals surface area contributed by atoms with Crippen LogP contribution in [0.2, 0.25) is 0 Å². The van der Waals surface area contributed by atoms with E-state index in [9.17, 15) is 14.7 Å². The molecule has 5 nitrogen and oxygen atoms in total. The maximum Gasteiger partial charge on any atom is 0.320 e. The van der Waals surface area contributed by atoms with Crippen molar-refractivity contribution < 1.29 is 14.7 Å². The molecule has 1 aromatic carbocycles. The second kappa shape index (κ2) is 6.20. The lowest BCUT2D eigenvalue weighted by Crippen LogP contribution is -2.44. The van der Waals surface area contributed by atoms with Gasteiger partial charge in [-0.05, 0) is 62.8 Å². The number of likely N-dealkylation sites (N-methyl/N-ethyl adjacent to an activating group) is 1. The maximum atomic E-state index is 12.8. The van der Waals surface area contributed by atoms with E-state index in [1.165, 1.54) is 0 Å². The minimum atomic E-state index is -0.733. The van der Waals surface area contributed by atoms with Crippen molar-refractivity contribution in [3.05, 3.63) is 34.9 Å².